The molecular formula is C17H26N2O2. The minimum Gasteiger partial charge on any atom is -0.496 e. The van der Waals surface area contributed by atoms with E-state index in [0.717, 1.165) is 37.2 Å². The summed E-state index contributed by atoms with van der Waals surface area (Å²) < 4.78 is 5.52. The van der Waals surface area contributed by atoms with E-state index in [9.17, 15) is 5.11 Å². The fourth-order valence-electron chi connectivity index (χ4n) is 4.22. The number of hydrogen-bond donors (Lipinski definition) is 2. The van der Waals surface area contributed by atoms with Crippen LogP contribution >= 0.6 is 0 Å². The number of likely N-dealkylation sites (tertiary alicyclic amines) is 1. The number of fused-ring (bicyclic) bond motifs is 1. The molecule has 5 unspecified atom stereocenters. The molecular weight excluding hydrogens is 264 g/mol. The Morgan fingerprint density at radius 3 is 2.71 bits per heavy atom. The standard InChI is InChI=1S/C17H26N2O2/c1-11(18)17(13-5-3-4-6-16(13)21-2)19-9-12-7-8-15(20)14(12)10-19/h3-6,11-12,14-15,17,20H,7-10,18H2,1-2H3. The Morgan fingerprint density at radius 1 is 1.29 bits per heavy atom. The topological polar surface area (TPSA) is 58.7 Å². The second kappa shape index (κ2) is 5.95. The number of benzene rings is 1. The highest BCUT2D eigenvalue weighted by atomic mass is 16.5. The highest BCUT2D eigenvalue weighted by Gasteiger charge is 2.44. The molecule has 3 rings (SSSR count). The van der Waals surface area contributed by atoms with Crippen LogP contribution in [0.2, 0.25) is 0 Å². The highest BCUT2D eigenvalue weighted by molar-refractivity contribution is 5.37. The molecule has 21 heavy (non-hydrogen) atoms. The molecule has 1 saturated carbocycles. The Morgan fingerprint density at radius 2 is 2.05 bits per heavy atom. The van der Waals surface area contributed by atoms with Crippen LogP contribution in [0.15, 0.2) is 24.3 Å². The Balaban J connectivity index is 1.86. The van der Waals surface area contributed by atoms with Gasteiger partial charge in [0, 0.05) is 30.6 Å². The van der Waals surface area contributed by atoms with E-state index in [2.05, 4.69) is 17.9 Å². The maximum Gasteiger partial charge on any atom is 0.123 e. The summed E-state index contributed by atoms with van der Waals surface area (Å²) >= 11 is 0. The van der Waals surface area contributed by atoms with Crippen LogP contribution < -0.4 is 10.5 Å². The maximum absolute atomic E-state index is 10.1. The quantitative estimate of drug-likeness (QED) is 0.887. The van der Waals surface area contributed by atoms with E-state index < -0.39 is 0 Å². The van der Waals surface area contributed by atoms with E-state index in [0.29, 0.717) is 11.8 Å². The number of ether oxygens (including phenoxy) is 1. The predicted octanol–water partition coefficient (Wildman–Crippen LogP) is 1.79. The molecule has 2 aliphatic rings. The van der Waals surface area contributed by atoms with Gasteiger partial charge in [-0.1, -0.05) is 18.2 Å². The van der Waals surface area contributed by atoms with Crippen LogP contribution in [0.1, 0.15) is 31.4 Å². The molecule has 1 aromatic carbocycles. The first-order valence-electron chi connectivity index (χ1n) is 7.92. The highest BCUT2D eigenvalue weighted by Crippen LogP contribution is 2.43. The molecule has 0 aromatic heterocycles. The van der Waals surface area contributed by atoms with Gasteiger partial charge in [0.1, 0.15) is 5.75 Å². The molecule has 0 amide bonds. The number of rotatable bonds is 4. The van der Waals surface area contributed by atoms with Crippen molar-refractivity contribution in [3.63, 3.8) is 0 Å². The molecule has 1 saturated heterocycles. The molecule has 1 heterocycles. The zero-order chi connectivity index (χ0) is 15.0. The normalized spacial score (nSPS) is 31.9. The largest absolute Gasteiger partial charge is 0.496 e. The molecule has 116 valence electrons. The average Bonchev–Trinajstić information content (AvgIpc) is 3.02. The number of hydrogen-bond acceptors (Lipinski definition) is 4. The molecule has 0 spiro atoms. The summed E-state index contributed by atoms with van der Waals surface area (Å²) in [5.41, 5.74) is 7.45. The van der Waals surface area contributed by atoms with E-state index in [1.807, 2.05) is 18.2 Å². The van der Waals surface area contributed by atoms with Crippen molar-refractivity contribution in [1.29, 1.82) is 0 Å². The predicted molar refractivity (Wildman–Crippen MR) is 83.2 cm³/mol. The first-order valence-corrected chi connectivity index (χ1v) is 7.92. The van der Waals surface area contributed by atoms with Gasteiger partial charge >= 0.3 is 0 Å². The van der Waals surface area contributed by atoms with Crippen molar-refractivity contribution in [3.8, 4) is 5.75 Å². The van der Waals surface area contributed by atoms with Crippen molar-refractivity contribution in [3.05, 3.63) is 29.8 Å². The lowest BCUT2D eigenvalue weighted by Gasteiger charge is -2.33. The van der Waals surface area contributed by atoms with Gasteiger partial charge in [0.15, 0.2) is 0 Å². The number of nitrogens with zero attached hydrogens (tertiary/aromatic N) is 1. The summed E-state index contributed by atoms with van der Waals surface area (Å²) in [6.45, 7) is 4.03. The zero-order valence-electron chi connectivity index (χ0n) is 12.9. The van der Waals surface area contributed by atoms with Crippen LogP contribution in [0.3, 0.4) is 0 Å². The summed E-state index contributed by atoms with van der Waals surface area (Å²) in [5.74, 6) is 1.94. The van der Waals surface area contributed by atoms with Crippen molar-refractivity contribution in [2.45, 2.75) is 38.0 Å². The van der Waals surface area contributed by atoms with E-state index in [4.69, 9.17) is 10.5 Å². The van der Waals surface area contributed by atoms with Crippen molar-refractivity contribution >= 4 is 0 Å². The van der Waals surface area contributed by atoms with Gasteiger partial charge in [0.2, 0.25) is 0 Å². The summed E-state index contributed by atoms with van der Waals surface area (Å²) in [7, 11) is 1.71. The van der Waals surface area contributed by atoms with Crippen LogP contribution in [0.5, 0.6) is 5.75 Å². The SMILES string of the molecule is COc1ccccc1C(C(C)N)N1CC2CCC(O)C2C1. The third kappa shape index (κ3) is 2.68. The first-order chi connectivity index (χ1) is 10.1. The van der Waals surface area contributed by atoms with E-state index >= 15 is 0 Å². The van der Waals surface area contributed by atoms with Gasteiger partial charge < -0.3 is 15.6 Å². The number of aliphatic hydroxyl groups is 1. The van der Waals surface area contributed by atoms with Gasteiger partial charge in [-0.2, -0.15) is 0 Å². The van der Waals surface area contributed by atoms with Crippen molar-refractivity contribution in [2.24, 2.45) is 17.6 Å². The first kappa shape index (κ1) is 14.8. The number of aliphatic hydroxyl groups excluding tert-OH is 1. The molecule has 1 aliphatic carbocycles. The third-order valence-corrected chi connectivity index (χ3v) is 5.20. The third-order valence-electron chi connectivity index (χ3n) is 5.20. The maximum atomic E-state index is 10.1. The van der Waals surface area contributed by atoms with Crippen LogP contribution in [-0.4, -0.2) is 42.4 Å². The summed E-state index contributed by atoms with van der Waals surface area (Å²) in [5, 5.41) is 10.1. The van der Waals surface area contributed by atoms with Gasteiger partial charge in [0.25, 0.3) is 0 Å². The molecule has 1 aromatic rings. The Labute approximate surface area is 126 Å². The Bertz CT molecular complexity index is 491. The lowest BCUT2D eigenvalue weighted by atomic mass is 9.98. The molecule has 4 heteroatoms. The molecule has 5 atom stereocenters. The monoisotopic (exact) mass is 290 g/mol. The zero-order valence-corrected chi connectivity index (χ0v) is 12.9. The van der Waals surface area contributed by atoms with Crippen molar-refractivity contribution < 1.29 is 9.84 Å². The second-order valence-corrected chi connectivity index (χ2v) is 6.57. The van der Waals surface area contributed by atoms with Gasteiger partial charge in [-0.25, -0.2) is 0 Å². The number of methoxy groups -OCH3 is 1. The summed E-state index contributed by atoms with van der Waals surface area (Å²) in [6.07, 6.45) is 1.96. The van der Waals surface area contributed by atoms with E-state index in [-0.39, 0.29) is 18.2 Å². The fraction of sp³-hybridized carbons (Fsp3) is 0.647. The van der Waals surface area contributed by atoms with E-state index in [1.54, 1.807) is 7.11 Å². The number of nitrogens with two attached hydrogens (primary N) is 1. The molecule has 0 radical (unpaired) electrons. The molecule has 1 aliphatic heterocycles. The smallest absolute Gasteiger partial charge is 0.123 e. The Kier molecular flexibility index (Phi) is 4.20. The van der Waals surface area contributed by atoms with Gasteiger partial charge in [-0.15, -0.1) is 0 Å². The van der Waals surface area contributed by atoms with Crippen LogP contribution in [0.4, 0.5) is 0 Å². The van der Waals surface area contributed by atoms with Gasteiger partial charge in [-0.3, -0.25) is 4.90 Å². The summed E-state index contributed by atoms with van der Waals surface area (Å²) in [4.78, 5) is 2.44. The van der Waals surface area contributed by atoms with Gasteiger partial charge in [-0.05, 0) is 31.7 Å². The molecule has 4 nitrogen and oxygen atoms in total. The van der Waals surface area contributed by atoms with Crippen molar-refractivity contribution in [2.75, 3.05) is 20.2 Å². The Hall–Kier alpha value is -1.10. The number of para-hydroxylation sites is 1. The minimum atomic E-state index is -0.133. The van der Waals surface area contributed by atoms with Gasteiger partial charge in [0.05, 0.1) is 19.3 Å². The minimum absolute atomic E-state index is 0.0252. The van der Waals surface area contributed by atoms with Crippen LogP contribution in [0.25, 0.3) is 0 Å². The van der Waals surface area contributed by atoms with E-state index in [1.165, 1.54) is 0 Å². The van der Waals surface area contributed by atoms with Crippen molar-refractivity contribution in [1.82, 2.24) is 4.90 Å². The second-order valence-electron chi connectivity index (χ2n) is 6.57. The lowest BCUT2D eigenvalue weighted by molar-refractivity contribution is 0.114. The summed E-state index contributed by atoms with van der Waals surface area (Å²) in [6, 6.07) is 8.31. The fourth-order valence-corrected chi connectivity index (χ4v) is 4.22. The molecule has 3 N–H and O–H groups in total. The van der Waals surface area contributed by atoms with Crippen LogP contribution in [-0.2, 0) is 0 Å². The lowest BCUT2D eigenvalue weighted by Crippen LogP contribution is -2.39. The average molecular weight is 290 g/mol. The molecule has 2 fully saturated rings. The molecule has 0 bridgehead atoms. The van der Waals surface area contributed by atoms with Crippen LogP contribution in [0, 0.1) is 11.8 Å².